The van der Waals surface area contributed by atoms with Crippen LogP contribution in [-0.2, 0) is 15.7 Å². The van der Waals surface area contributed by atoms with Gasteiger partial charge in [0.1, 0.15) is 0 Å². The van der Waals surface area contributed by atoms with Gasteiger partial charge >= 0.3 is 18.1 Å². The Morgan fingerprint density at radius 2 is 1.82 bits per heavy atom. The Morgan fingerprint density at radius 3 is 2.35 bits per heavy atom. The zero-order valence-corrected chi connectivity index (χ0v) is 8.88. The molecule has 0 aliphatic rings. The standard InChI is InChI=1S/C11H9F3O3/c1-2-9(15)17-10(16)7-5-3-4-6-8(7)11(12,13)14/h3-6H,2H2,1H3. The number of halogens is 3. The second-order valence-electron chi connectivity index (χ2n) is 3.16. The Morgan fingerprint density at radius 1 is 1.24 bits per heavy atom. The molecular formula is C11H9F3O3. The zero-order chi connectivity index (χ0) is 13.1. The normalized spacial score (nSPS) is 11.1. The molecule has 0 aliphatic heterocycles. The first-order valence-corrected chi connectivity index (χ1v) is 4.77. The van der Waals surface area contributed by atoms with Crippen LogP contribution in [0, 0.1) is 0 Å². The first kappa shape index (κ1) is 13.2. The molecular weight excluding hydrogens is 237 g/mol. The summed E-state index contributed by atoms with van der Waals surface area (Å²) in [5.41, 5.74) is -1.78. The van der Waals surface area contributed by atoms with Gasteiger partial charge in [0.05, 0.1) is 11.1 Å². The molecule has 0 unspecified atom stereocenters. The minimum atomic E-state index is -4.66. The summed E-state index contributed by atoms with van der Waals surface area (Å²) in [6, 6.07) is 4.14. The van der Waals surface area contributed by atoms with Crippen molar-refractivity contribution in [2.75, 3.05) is 0 Å². The highest BCUT2D eigenvalue weighted by Gasteiger charge is 2.35. The van der Waals surface area contributed by atoms with Gasteiger partial charge in [-0.25, -0.2) is 4.79 Å². The van der Waals surface area contributed by atoms with Crippen LogP contribution in [0.5, 0.6) is 0 Å². The second-order valence-corrected chi connectivity index (χ2v) is 3.16. The van der Waals surface area contributed by atoms with Crippen LogP contribution in [0.2, 0.25) is 0 Å². The predicted octanol–water partition coefficient (Wildman–Crippen LogP) is 2.80. The fourth-order valence-corrected chi connectivity index (χ4v) is 1.14. The van der Waals surface area contributed by atoms with E-state index in [0.717, 1.165) is 18.2 Å². The molecule has 1 rings (SSSR count). The van der Waals surface area contributed by atoms with Gasteiger partial charge in [0.15, 0.2) is 0 Å². The van der Waals surface area contributed by atoms with E-state index in [1.807, 2.05) is 0 Å². The van der Waals surface area contributed by atoms with Crippen molar-refractivity contribution in [3.05, 3.63) is 35.4 Å². The Balaban J connectivity index is 3.06. The number of benzene rings is 1. The number of hydrogen-bond donors (Lipinski definition) is 0. The minimum Gasteiger partial charge on any atom is -0.389 e. The van der Waals surface area contributed by atoms with Gasteiger partial charge in [-0.1, -0.05) is 19.1 Å². The smallest absolute Gasteiger partial charge is 0.389 e. The van der Waals surface area contributed by atoms with Crippen molar-refractivity contribution in [1.29, 1.82) is 0 Å². The summed E-state index contributed by atoms with van der Waals surface area (Å²) in [6.07, 6.45) is -4.75. The van der Waals surface area contributed by atoms with E-state index in [9.17, 15) is 22.8 Å². The van der Waals surface area contributed by atoms with Gasteiger partial charge in [-0.05, 0) is 12.1 Å². The first-order valence-electron chi connectivity index (χ1n) is 4.77. The second kappa shape index (κ2) is 4.99. The van der Waals surface area contributed by atoms with Crippen molar-refractivity contribution < 1.29 is 27.5 Å². The lowest BCUT2D eigenvalue weighted by Gasteiger charge is -2.10. The number of carbonyl (C=O) groups is 2. The van der Waals surface area contributed by atoms with Crippen molar-refractivity contribution in [3.63, 3.8) is 0 Å². The summed E-state index contributed by atoms with van der Waals surface area (Å²) in [5, 5.41) is 0. The molecule has 0 saturated heterocycles. The SMILES string of the molecule is CCC(=O)OC(=O)c1ccccc1C(F)(F)F. The van der Waals surface area contributed by atoms with Crippen LogP contribution in [0.3, 0.4) is 0 Å². The molecule has 6 heteroatoms. The maximum atomic E-state index is 12.5. The molecule has 0 amide bonds. The van der Waals surface area contributed by atoms with E-state index >= 15 is 0 Å². The average Bonchev–Trinajstić information content (AvgIpc) is 2.27. The monoisotopic (exact) mass is 246 g/mol. The third-order valence-electron chi connectivity index (χ3n) is 1.95. The lowest BCUT2D eigenvalue weighted by Crippen LogP contribution is -2.17. The van der Waals surface area contributed by atoms with Crippen LogP contribution in [0.4, 0.5) is 13.2 Å². The van der Waals surface area contributed by atoms with Crippen molar-refractivity contribution in [1.82, 2.24) is 0 Å². The maximum Gasteiger partial charge on any atom is 0.417 e. The summed E-state index contributed by atoms with van der Waals surface area (Å²) in [4.78, 5) is 22.2. The summed E-state index contributed by atoms with van der Waals surface area (Å²) in [5.74, 6) is -2.16. The summed E-state index contributed by atoms with van der Waals surface area (Å²) in [6.45, 7) is 1.44. The van der Waals surface area contributed by atoms with E-state index in [0.29, 0.717) is 0 Å². The van der Waals surface area contributed by atoms with Crippen molar-refractivity contribution >= 4 is 11.9 Å². The third-order valence-corrected chi connectivity index (χ3v) is 1.95. The fraction of sp³-hybridized carbons (Fsp3) is 0.273. The molecule has 17 heavy (non-hydrogen) atoms. The molecule has 0 bridgehead atoms. The number of ether oxygens (including phenoxy) is 1. The van der Waals surface area contributed by atoms with E-state index in [-0.39, 0.29) is 6.42 Å². The lowest BCUT2D eigenvalue weighted by molar-refractivity contribution is -0.141. The molecule has 0 aliphatic carbocycles. The molecule has 92 valence electrons. The van der Waals surface area contributed by atoms with Crippen LogP contribution in [-0.4, -0.2) is 11.9 Å². The quantitative estimate of drug-likeness (QED) is 0.595. The van der Waals surface area contributed by atoms with Gasteiger partial charge in [0.25, 0.3) is 0 Å². The molecule has 0 radical (unpaired) electrons. The molecule has 1 aromatic carbocycles. The van der Waals surface area contributed by atoms with E-state index in [2.05, 4.69) is 4.74 Å². The van der Waals surface area contributed by atoms with Gasteiger partial charge in [0, 0.05) is 6.42 Å². The Labute approximate surface area is 95.2 Å². The predicted molar refractivity (Wildman–Crippen MR) is 52.2 cm³/mol. The van der Waals surface area contributed by atoms with Crippen molar-refractivity contribution in [2.24, 2.45) is 0 Å². The number of esters is 2. The van der Waals surface area contributed by atoms with E-state index in [1.54, 1.807) is 0 Å². The van der Waals surface area contributed by atoms with Crippen molar-refractivity contribution in [3.8, 4) is 0 Å². The average molecular weight is 246 g/mol. The Hall–Kier alpha value is -1.85. The molecule has 0 heterocycles. The third kappa shape index (κ3) is 3.30. The molecule has 0 atom stereocenters. The minimum absolute atomic E-state index is 0.0834. The molecule has 1 aromatic rings. The molecule has 0 fully saturated rings. The number of hydrogen-bond acceptors (Lipinski definition) is 3. The van der Waals surface area contributed by atoms with Gasteiger partial charge in [-0.2, -0.15) is 13.2 Å². The Bertz CT molecular complexity index is 438. The first-order chi connectivity index (χ1) is 7.86. The van der Waals surface area contributed by atoms with Crippen LogP contribution in [0.1, 0.15) is 29.3 Å². The molecule has 3 nitrogen and oxygen atoms in total. The highest BCUT2D eigenvalue weighted by Crippen LogP contribution is 2.32. The molecule has 0 aromatic heterocycles. The maximum absolute atomic E-state index is 12.5. The van der Waals surface area contributed by atoms with Gasteiger partial charge in [-0.15, -0.1) is 0 Å². The molecule has 0 N–H and O–H groups in total. The topological polar surface area (TPSA) is 43.4 Å². The number of carbonyl (C=O) groups excluding carboxylic acids is 2. The lowest BCUT2D eigenvalue weighted by atomic mass is 10.1. The van der Waals surface area contributed by atoms with Crippen molar-refractivity contribution in [2.45, 2.75) is 19.5 Å². The Kier molecular flexibility index (Phi) is 3.88. The van der Waals surface area contributed by atoms with Crippen LogP contribution in [0.25, 0.3) is 0 Å². The summed E-state index contributed by atoms with van der Waals surface area (Å²) >= 11 is 0. The van der Waals surface area contributed by atoms with Gasteiger partial charge < -0.3 is 4.74 Å². The van der Waals surface area contributed by atoms with Crippen LogP contribution < -0.4 is 0 Å². The fourth-order valence-electron chi connectivity index (χ4n) is 1.14. The highest BCUT2D eigenvalue weighted by atomic mass is 19.4. The van der Waals surface area contributed by atoms with E-state index in [1.165, 1.54) is 13.0 Å². The van der Waals surface area contributed by atoms with E-state index in [4.69, 9.17) is 0 Å². The zero-order valence-electron chi connectivity index (χ0n) is 8.88. The highest BCUT2D eigenvalue weighted by molar-refractivity contribution is 5.97. The van der Waals surface area contributed by atoms with Gasteiger partial charge in [0.2, 0.25) is 0 Å². The van der Waals surface area contributed by atoms with Crippen LogP contribution >= 0.6 is 0 Å². The largest absolute Gasteiger partial charge is 0.417 e. The molecule has 0 saturated carbocycles. The number of rotatable bonds is 2. The van der Waals surface area contributed by atoms with E-state index < -0.39 is 29.2 Å². The van der Waals surface area contributed by atoms with Gasteiger partial charge in [-0.3, -0.25) is 4.79 Å². The number of alkyl halides is 3. The van der Waals surface area contributed by atoms with Crippen LogP contribution in [0.15, 0.2) is 24.3 Å². The summed E-state index contributed by atoms with van der Waals surface area (Å²) < 4.78 is 41.8. The summed E-state index contributed by atoms with van der Waals surface area (Å²) in [7, 11) is 0. The molecule has 0 spiro atoms.